The van der Waals surface area contributed by atoms with Crippen LogP contribution in [-0.4, -0.2) is 15.0 Å². The fourth-order valence-corrected chi connectivity index (χ4v) is 8.98. The number of rotatable bonds is 6. The second-order valence-electron chi connectivity index (χ2n) is 15.6. The Hall–Kier alpha value is -7.49. The Labute approximate surface area is 343 Å². The predicted octanol–water partition coefficient (Wildman–Crippen LogP) is 14.7. The largest absolute Gasteiger partial charge is 0.247 e. The van der Waals surface area contributed by atoms with Gasteiger partial charge in [0.25, 0.3) is 0 Å². The van der Waals surface area contributed by atoms with E-state index in [1.54, 1.807) is 0 Å². The molecule has 2 unspecified atom stereocenters. The molecule has 2 aromatic heterocycles. The van der Waals surface area contributed by atoms with Crippen LogP contribution in [0.25, 0.3) is 99.5 Å². The third-order valence-electron chi connectivity index (χ3n) is 12.0. The Morgan fingerprint density at radius 3 is 1.61 bits per heavy atom. The molecule has 11 rings (SSSR count). The summed E-state index contributed by atoms with van der Waals surface area (Å²) >= 11 is 0. The van der Waals surface area contributed by atoms with Gasteiger partial charge in [0.05, 0.1) is 22.6 Å². The Morgan fingerprint density at radius 2 is 0.915 bits per heavy atom. The van der Waals surface area contributed by atoms with Crippen LogP contribution in [-0.2, 0) is 0 Å². The molecule has 1 aliphatic carbocycles. The minimum Gasteiger partial charge on any atom is -0.247 e. The number of aromatic nitrogens is 3. The molecule has 0 bridgehead atoms. The molecule has 0 saturated heterocycles. The highest BCUT2D eigenvalue weighted by molar-refractivity contribution is 6.33. The van der Waals surface area contributed by atoms with Crippen molar-refractivity contribution in [1.29, 1.82) is 0 Å². The van der Waals surface area contributed by atoms with E-state index in [4.69, 9.17) is 15.0 Å². The molecule has 0 saturated carbocycles. The predicted molar refractivity (Wildman–Crippen MR) is 247 cm³/mol. The van der Waals surface area contributed by atoms with Crippen molar-refractivity contribution in [3.05, 3.63) is 212 Å². The maximum atomic E-state index is 5.40. The molecule has 8 aromatic carbocycles. The van der Waals surface area contributed by atoms with E-state index in [0.717, 1.165) is 56.0 Å². The van der Waals surface area contributed by atoms with Gasteiger partial charge in [0, 0.05) is 44.3 Å². The lowest BCUT2D eigenvalue weighted by Crippen LogP contribution is -2.07. The summed E-state index contributed by atoms with van der Waals surface area (Å²) in [5, 5.41) is 8.57. The van der Waals surface area contributed by atoms with Gasteiger partial charge in [-0.2, -0.15) is 0 Å². The molecule has 2 heterocycles. The van der Waals surface area contributed by atoms with Crippen LogP contribution in [0.5, 0.6) is 0 Å². The SMILES string of the molecule is CC1C=CC=CC1c1ccc(-c2cc(-c3ccc(-c4cccc(-c5nc6ccccc6c6c7ccccc7c7ccccc7c56)c4)cc3)nc(-c3ccccc3)n2)cc1. The number of fused-ring (bicyclic) bond motifs is 8. The summed E-state index contributed by atoms with van der Waals surface area (Å²) in [5.41, 5.74) is 11.5. The van der Waals surface area contributed by atoms with Gasteiger partial charge in [-0.05, 0) is 62.4 Å². The molecule has 0 radical (unpaired) electrons. The molecule has 0 N–H and O–H groups in total. The number of nitrogens with zero attached hydrogens (tertiary/aromatic N) is 3. The molecule has 10 aromatic rings. The molecule has 0 amide bonds. The number of hydrogen-bond acceptors (Lipinski definition) is 3. The highest BCUT2D eigenvalue weighted by atomic mass is 14.9. The van der Waals surface area contributed by atoms with Gasteiger partial charge in [-0.25, -0.2) is 15.0 Å². The van der Waals surface area contributed by atoms with Crippen LogP contribution >= 0.6 is 0 Å². The van der Waals surface area contributed by atoms with Crippen molar-refractivity contribution >= 4 is 43.2 Å². The van der Waals surface area contributed by atoms with Gasteiger partial charge in [-0.1, -0.05) is 195 Å². The van der Waals surface area contributed by atoms with Crippen LogP contribution in [0, 0.1) is 5.92 Å². The van der Waals surface area contributed by atoms with E-state index in [0.29, 0.717) is 17.7 Å². The number of pyridine rings is 1. The average molecular weight is 754 g/mol. The zero-order valence-corrected chi connectivity index (χ0v) is 32.6. The van der Waals surface area contributed by atoms with Crippen molar-refractivity contribution in [3.63, 3.8) is 0 Å². The van der Waals surface area contributed by atoms with Crippen LogP contribution in [0.1, 0.15) is 18.4 Å². The van der Waals surface area contributed by atoms with Crippen LogP contribution < -0.4 is 0 Å². The van der Waals surface area contributed by atoms with Crippen LogP contribution in [0.3, 0.4) is 0 Å². The first-order valence-electron chi connectivity index (χ1n) is 20.4. The topological polar surface area (TPSA) is 38.7 Å². The molecule has 3 nitrogen and oxygen atoms in total. The van der Waals surface area contributed by atoms with Gasteiger partial charge in [0.15, 0.2) is 5.82 Å². The van der Waals surface area contributed by atoms with E-state index in [1.165, 1.54) is 43.3 Å². The fourth-order valence-electron chi connectivity index (χ4n) is 8.98. The molecule has 0 spiro atoms. The molecular weight excluding hydrogens is 715 g/mol. The zero-order valence-electron chi connectivity index (χ0n) is 32.6. The second-order valence-corrected chi connectivity index (χ2v) is 15.6. The third-order valence-corrected chi connectivity index (χ3v) is 12.0. The van der Waals surface area contributed by atoms with E-state index in [-0.39, 0.29) is 0 Å². The molecule has 278 valence electrons. The van der Waals surface area contributed by atoms with Gasteiger partial charge in [-0.15, -0.1) is 0 Å². The zero-order chi connectivity index (χ0) is 39.3. The van der Waals surface area contributed by atoms with Gasteiger partial charge < -0.3 is 0 Å². The highest BCUT2D eigenvalue weighted by Gasteiger charge is 2.19. The van der Waals surface area contributed by atoms with Gasteiger partial charge in [0.1, 0.15) is 0 Å². The van der Waals surface area contributed by atoms with Crippen molar-refractivity contribution in [2.45, 2.75) is 12.8 Å². The van der Waals surface area contributed by atoms with Crippen LogP contribution in [0.2, 0.25) is 0 Å². The smallest absolute Gasteiger partial charge is 0.160 e. The summed E-state index contributed by atoms with van der Waals surface area (Å²) in [6, 6.07) is 64.9. The summed E-state index contributed by atoms with van der Waals surface area (Å²) in [5.74, 6) is 1.55. The highest BCUT2D eigenvalue weighted by Crippen LogP contribution is 2.43. The van der Waals surface area contributed by atoms with E-state index in [2.05, 4.69) is 195 Å². The second kappa shape index (κ2) is 14.5. The number of hydrogen-bond donors (Lipinski definition) is 0. The summed E-state index contributed by atoms with van der Waals surface area (Å²) in [6.07, 6.45) is 8.86. The van der Waals surface area contributed by atoms with Gasteiger partial charge >= 0.3 is 0 Å². The van der Waals surface area contributed by atoms with E-state index in [9.17, 15) is 0 Å². The fraction of sp³-hybridized carbons (Fsp3) is 0.0536. The van der Waals surface area contributed by atoms with Crippen molar-refractivity contribution in [2.75, 3.05) is 0 Å². The number of benzene rings is 8. The maximum absolute atomic E-state index is 5.40. The van der Waals surface area contributed by atoms with E-state index < -0.39 is 0 Å². The molecule has 59 heavy (non-hydrogen) atoms. The lowest BCUT2D eigenvalue weighted by molar-refractivity contribution is 0.635. The minimum absolute atomic E-state index is 0.373. The first kappa shape index (κ1) is 34.7. The molecular formula is C56H39N3. The van der Waals surface area contributed by atoms with E-state index in [1.807, 2.05) is 18.2 Å². The Morgan fingerprint density at radius 1 is 0.373 bits per heavy atom. The lowest BCUT2D eigenvalue weighted by Gasteiger charge is -2.21. The minimum atomic E-state index is 0.373. The number of para-hydroxylation sites is 1. The first-order chi connectivity index (χ1) is 29.2. The lowest BCUT2D eigenvalue weighted by atomic mass is 9.84. The molecule has 1 aliphatic rings. The van der Waals surface area contributed by atoms with Crippen LogP contribution in [0.15, 0.2) is 206 Å². The monoisotopic (exact) mass is 753 g/mol. The maximum Gasteiger partial charge on any atom is 0.160 e. The van der Waals surface area contributed by atoms with Crippen molar-refractivity contribution in [2.24, 2.45) is 5.92 Å². The summed E-state index contributed by atoms with van der Waals surface area (Å²) in [4.78, 5) is 15.6. The Kier molecular flexibility index (Phi) is 8.52. The molecule has 3 heteroatoms. The summed E-state index contributed by atoms with van der Waals surface area (Å²) in [6.45, 7) is 2.27. The van der Waals surface area contributed by atoms with Crippen molar-refractivity contribution in [1.82, 2.24) is 15.0 Å². The van der Waals surface area contributed by atoms with Gasteiger partial charge in [0.2, 0.25) is 0 Å². The Balaban J connectivity index is 0.995. The number of allylic oxidation sites excluding steroid dienone is 4. The molecule has 0 aliphatic heterocycles. The summed E-state index contributed by atoms with van der Waals surface area (Å²) in [7, 11) is 0. The standard InChI is InChI=1S/C56H39N3/c1-36-14-5-6-19-44(36)38-28-32-40(33-29-38)52-35-51(58-56(59-52)41-15-3-2-4-16-41)39-30-26-37(27-31-39)42-17-13-18-43(34-42)55-54-48-23-10-8-21-46(48)45-20-7-9-22-47(45)53(54)49-24-11-12-25-50(49)57-55/h2-36,44H,1H3. The Bertz CT molecular complexity index is 3270. The van der Waals surface area contributed by atoms with Crippen molar-refractivity contribution < 1.29 is 0 Å². The summed E-state index contributed by atoms with van der Waals surface area (Å²) < 4.78 is 0. The van der Waals surface area contributed by atoms with E-state index >= 15 is 0 Å². The quantitative estimate of drug-likeness (QED) is 0.159. The normalized spacial score (nSPS) is 15.1. The molecule has 0 fully saturated rings. The van der Waals surface area contributed by atoms with Crippen molar-refractivity contribution in [3.8, 4) is 56.3 Å². The first-order valence-corrected chi connectivity index (χ1v) is 20.4. The molecule has 2 atom stereocenters. The van der Waals surface area contributed by atoms with Gasteiger partial charge in [-0.3, -0.25) is 0 Å². The third kappa shape index (κ3) is 6.20. The average Bonchev–Trinajstić information content (AvgIpc) is 3.31. The van der Waals surface area contributed by atoms with Crippen LogP contribution in [0.4, 0.5) is 0 Å².